The Hall–Kier alpha value is -0.870. The van der Waals surface area contributed by atoms with E-state index in [1.807, 2.05) is 11.7 Å². The summed E-state index contributed by atoms with van der Waals surface area (Å²) in [5.41, 5.74) is 3.86. The Labute approximate surface area is 110 Å². The van der Waals surface area contributed by atoms with Crippen LogP contribution in [0.5, 0.6) is 0 Å². The molecular weight excluding hydrogens is 224 g/mol. The first kappa shape index (κ1) is 13.6. The molecule has 2 rings (SSSR count). The normalized spacial score (nSPS) is 27.4. The van der Waals surface area contributed by atoms with Crippen molar-refractivity contribution in [3.05, 3.63) is 17.0 Å². The number of aryl methyl sites for hydroxylation is 2. The highest BCUT2D eigenvalue weighted by atomic mass is 15.3. The number of hydrogen-bond acceptors (Lipinski definition) is 3. The van der Waals surface area contributed by atoms with Gasteiger partial charge in [0.1, 0.15) is 0 Å². The van der Waals surface area contributed by atoms with Gasteiger partial charge >= 0.3 is 0 Å². The first-order valence-corrected chi connectivity index (χ1v) is 6.90. The molecule has 4 nitrogen and oxygen atoms in total. The average Bonchev–Trinajstić information content (AvgIpc) is 2.51. The van der Waals surface area contributed by atoms with Crippen LogP contribution in [0.1, 0.15) is 43.8 Å². The minimum Gasteiger partial charge on any atom is -0.309 e. The van der Waals surface area contributed by atoms with E-state index in [9.17, 15) is 0 Å². The highest BCUT2D eigenvalue weighted by molar-refractivity contribution is 5.28. The predicted molar refractivity (Wildman–Crippen MR) is 74.7 cm³/mol. The van der Waals surface area contributed by atoms with Gasteiger partial charge in [0.2, 0.25) is 0 Å². The van der Waals surface area contributed by atoms with Crippen molar-refractivity contribution >= 4 is 0 Å². The Morgan fingerprint density at radius 1 is 1.22 bits per heavy atom. The first-order valence-electron chi connectivity index (χ1n) is 6.90. The fourth-order valence-electron chi connectivity index (χ4n) is 3.26. The van der Waals surface area contributed by atoms with Crippen LogP contribution in [-0.4, -0.2) is 39.9 Å². The number of aromatic nitrogens is 2. The van der Waals surface area contributed by atoms with Crippen molar-refractivity contribution in [1.82, 2.24) is 20.0 Å². The molecule has 1 aliphatic rings. The lowest BCUT2D eigenvalue weighted by molar-refractivity contribution is 0.130. The molecule has 0 radical (unpaired) electrons. The molecule has 2 heterocycles. The van der Waals surface area contributed by atoms with Crippen LogP contribution >= 0.6 is 0 Å². The van der Waals surface area contributed by atoms with Crippen molar-refractivity contribution in [3.63, 3.8) is 0 Å². The van der Waals surface area contributed by atoms with Crippen molar-refractivity contribution < 1.29 is 0 Å². The predicted octanol–water partition coefficient (Wildman–Crippen LogP) is 1.78. The Morgan fingerprint density at radius 3 is 2.22 bits per heavy atom. The van der Waals surface area contributed by atoms with Gasteiger partial charge in [-0.1, -0.05) is 0 Å². The average molecular weight is 250 g/mol. The summed E-state index contributed by atoms with van der Waals surface area (Å²) in [7, 11) is 2.03. The van der Waals surface area contributed by atoms with Gasteiger partial charge in [0.05, 0.1) is 5.69 Å². The molecule has 1 N–H and O–H groups in total. The van der Waals surface area contributed by atoms with Gasteiger partial charge in [0.25, 0.3) is 0 Å². The van der Waals surface area contributed by atoms with Gasteiger partial charge in [-0.05, 0) is 34.6 Å². The van der Waals surface area contributed by atoms with Crippen molar-refractivity contribution in [1.29, 1.82) is 0 Å². The molecule has 0 spiro atoms. The highest BCUT2D eigenvalue weighted by Crippen LogP contribution is 2.27. The van der Waals surface area contributed by atoms with Crippen molar-refractivity contribution in [2.45, 2.75) is 52.7 Å². The van der Waals surface area contributed by atoms with E-state index in [1.54, 1.807) is 0 Å². The maximum Gasteiger partial charge on any atom is 0.0644 e. The topological polar surface area (TPSA) is 33.1 Å². The molecular formula is C14H26N4. The molecule has 0 bridgehead atoms. The van der Waals surface area contributed by atoms with Crippen LogP contribution in [0.2, 0.25) is 0 Å². The smallest absolute Gasteiger partial charge is 0.0644 e. The molecule has 1 saturated heterocycles. The number of hydrogen-bond donors (Lipinski definition) is 1. The largest absolute Gasteiger partial charge is 0.309 e. The van der Waals surface area contributed by atoms with E-state index in [1.165, 1.54) is 17.0 Å². The van der Waals surface area contributed by atoms with Crippen LogP contribution in [0.3, 0.4) is 0 Å². The van der Waals surface area contributed by atoms with Crippen molar-refractivity contribution in [2.24, 2.45) is 7.05 Å². The first-order chi connectivity index (χ1) is 8.40. The summed E-state index contributed by atoms with van der Waals surface area (Å²) in [6, 6.07) is 1.58. The Balaban J connectivity index is 2.22. The number of piperazine rings is 1. The number of nitrogens with one attached hydrogen (secondary N) is 1. The maximum atomic E-state index is 4.54. The summed E-state index contributed by atoms with van der Waals surface area (Å²) >= 11 is 0. The van der Waals surface area contributed by atoms with Gasteiger partial charge in [-0.15, -0.1) is 0 Å². The third-order valence-corrected chi connectivity index (χ3v) is 4.12. The quantitative estimate of drug-likeness (QED) is 0.868. The number of rotatable bonds is 2. The zero-order valence-corrected chi connectivity index (χ0v) is 12.5. The Morgan fingerprint density at radius 2 is 1.78 bits per heavy atom. The lowest BCUT2D eigenvalue weighted by Gasteiger charge is -2.39. The SMILES string of the molecule is Cc1nn(C)c(C)c1C(C)N1CC(C)NC(C)C1. The van der Waals surface area contributed by atoms with E-state index in [2.05, 4.69) is 49.9 Å². The van der Waals surface area contributed by atoms with Gasteiger partial charge in [0, 0.05) is 49.5 Å². The number of nitrogens with zero attached hydrogens (tertiary/aromatic N) is 3. The minimum absolute atomic E-state index is 0.450. The van der Waals surface area contributed by atoms with Gasteiger partial charge in [-0.25, -0.2) is 0 Å². The second kappa shape index (κ2) is 5.02. The summed E-state index contributed by atoms with van der Waals surface area (Å²) in [5, 5.41) is 8.13. The summed E-state index contributed by atoms with van der Waals surface area (Å²) in [4.78, 5) is 2.57. The van der Waals surface area contributed by atoms with Crippen LogP contribution in [0.4, 0.5) is 0 Å². The zero-order valence-electron chi connectivity index (χ0n) is 12.5. The van der Waals surface area contributed by atoms with E-state index in [4.69, 9.17) is 0 Å². The third kappa shape index (κ3) is 2.45. The molecule has 3 atom stereocenters. The standard InChI is InChI=1S/C14H26N4/c1-9-7-18(8-10(2)15-9)13(5)14-11(3)16-17(6)12(14)4/h9-10,13,15H,7-8H2,1-6H3. The van der Waals surface area contributed by atoms with E-state index >= 15 is 0 Å². The summed E-state index contributed by atoms with van der Waals surface area (Å²) in [6.07, 6.45) is 0. The third-order valence-electron chi connectivity index (χ3n) is 4.12. The zero-order chi connectivity index (χ0) is 13.4. The van der Waals surface area contributed by atoms with E-state index < -0.39 is 0 Å². The van der Waals surface area contributed by atoms with Gasteiger partial charge in [-0.3, -0.25) is 9.58 Å². The monoisotopic (exact) mass is 250 g/mol. The Kier molecular flexibility index (Phi) is 3.78. The molecule has 1 aromatic heterocycles. The Bertz CT molecular complexity index is 414. The molecule has 1 aliphatic heterocycles. The molecule has 102 valence electrons. The van der Waals surface area contributed by atoms with Crippen LogP contribution in [0.15, 0.2) is 0 Å². The van der Waals surface area contributed by atoms with E-state index in [0.29, 0.717) is 18.1 Å². The lowest BCUT2D eigenvalue weighted by Crippen LogP contribution is -2.54. The van der Waals surface area contributed by atoms with Crippen molar-refractivity contribution in [2.75, 3.05) is 13.1 Å². The molecule has 4 heteroatoms. The molecule has 0 saturated carbocycles. The maximum absolute atomic E-state index is 4.54. The second-order valence-electron chi connectivity index (χ2n) is 5.81. The summed E-state index contributed by atoms with van der Waals surface area (Å²) in [5.74, 6) is 0. The highest BCUT2D eigenvalue weighted by Gasteiger charge is 2.28. The van der Waals surface area contributed by atoms with Crippen LogP contribution < -0.4 is 5.32 Å². The van der Waals surface area contributed by atoms with Crippen molar-refractivity contribution in [3.8, 4) is 0 Å². The van der Waals surface area contributed by atoms with Gasteiger partial charge in [0.15, 0.2) is 0 Å². The second-order valence-corrected chi connectivity index (χ2v) is 5.81. The molecule has 0 amide bonds. The molecule has 3 unspecified atom stereocenters. The van der Waals surface area contributed by atoms with Gasteiger partial charge in [-0.2, -0.15) is 5.10 Å². The molecule has 18 heavy (non-hydrogen) atoms. The molecule has 1 aromatic rings. The van der Waals surface area contributed by atoms with E-state index in [-0.39, 0.29) is 0 Å². The minimum atomic E-state index is 0.450. The van der Waals surface area contributed by atoms with Crippen LogP contribution in [0, 0.1) is 13.8 Å². The summed E-state index contributed by atoms with van der Waals surface area (Å²) in [6.45, 7) is 13.3. The fraction of sp³-hybridized carbons (Fsp3) is 0.786. The molecule has 1 fully saturated rings. The van der Waals surface area contributed by atoms with Gasteiger partial charge < -0.3 is 5.32 Å². The fourth-order valence-corrected chi connectivity index (χ4v) is 3.26. The van der Waals surface area contributed by atoms with E-state index in [0.717, 1.165) is 13.1 Å². The van der Waals surface area contributed by atoms with Crippen LogP contribution in [0.25, 0.3) is 0 Å². The lowest BCUT2D eigenvalue weighted by atomic mass is 10.0. The summed E-state index contributed by atoms with van der Waals surface area (Å²) < 4.78 is 2.00. The molecule has 0 aromatic carbocycles. The molecule has 0 aliphatic carbocycles. The van der Waals surface area contributed by atoms with Crippen LogP contribution in [-0.2, 0) is 7.05 Å².